The third kappa shape index (κ3) is 3.54. The molecule has 0 amide bonds. The third-order valence-corrected chi connectivity index (χ3v) is 3.46. The van der Waals surface area contributed by atoms with Crippen molar-refractivity contribution < 1.29 is 9.52 Å². The Morgan fingerprint density at radius 3 is 2.82 bits per heavy atom. The quantitative estimate of drug-likeness (QED) is 0.824. The van der Waals surface area contributed by atoms with Gasteiger partial charge < -0.3 is 14.8 Å². The van der Waals surface area contributed by atoms with Crippen molar-refractivity contribution in [1.82, 2.24) is 10.3 Å². The van der Waals surface area contributed by atoms with Gasteiger partial charge in [0.1, 0.15) is 5.76 Å². The lowest BCUT2D eigenvalue weighted by Gasteiger charge is -2.32. The Kier molecular flexibility index (Phi) is 4.18. The van der Waals surface area contributed by atoms with Gasteiger partial charge in [0.15, 0.2) is 0 Å². The van der Waals surface area contributed by atoms with Crippen LogP contribution in [0.25, 0.3) is 0 Å². The number of aryl methyl sites for hydroxylation is 1. The average Bonchev–Trinajstić information content (AvgIpc) is 2.78. The van der Waals surface area contributed by atoms with Gasteiger partial charge in [-0.05, 0) is 12.8 Å². The summed E-state index contributed by atoms with van der Waals surface area (Å²) in [7, 11) is 0. The molecule has 0 spiro atoms. The zero-order valence-electron chi connectivity index (χ0n) is 10.5. The predicted octanol–water partition coefficient (Wildman–Crippen LogP) is 2.02. The maximum atomic E-state index is 10.3. The summed E-state index contributed by atoms with van der Waals surface area (Å²) in [5.41, 5.74) is -0.515. The first-order valence-corrected chi connectivity index (χ1v) is 6.58. The number of hydrogen-bond acceptors (Lipinski definition) is 4. The maximum absolute atomic E-state index is 10.3. The van der Waals surface area contributed by atoms with E-state index in [4.69, 9.17) is 4.42 Å². The fourth-order valence-corrected chi connectivity index (χ4v) is 2.38. The van der Waals surface area contributed by atoms with E-state index in [-0.39, 0.29) is 0 Å². The zero-order valence-corrected chi connectivity index (χ0v) is 10.5. The Morgan fingerprint density at radius 2 is 2.18 bits per heavy atom. The molecule has 1 aromatic heterocycles. The van der Waals surface area contributed by atoms with Crippen molar-refractivity contribution in [2.45, 2.75) is 57.6 Å². The Hall–Kier alpha value is -0.870. The van der Waals surface area contributed by atoms with Gasteiger partial charge in [-0.2, -0.15) is 0 Å². The second-order valence-corrected chi connectivity index (χ2v) is 4.96. The molecule has 0 aromatic carbocycles. The number of rotatable bonds is 5. The Labute approximate surface area is 102 Å². The van der Waals surface area contributed by atoms with Crippen LogP contribution in [0, 0.1) is 0 Å². The number of hydrogen-bond donors (Lipinski definition) is 2. The number of nitrogens with zero attached hydrogens (tertiary/aromatic N) is 1. The monoisotopic (exact) mass is 238 g/mol. The van der Waals surface area contributed by atoms with Gasteiger partial charge in [-0.1, -0.05) is 26.2 Å². The van der Waals surface area contributed by atoms with Crippen LogP contribution in [-0.4, -0.2) is 22.2 Å². The van der Waals surface area contributed by atoms with Crippen molar-refractivity contribution >= 4 is 0 Å². The molecule has 0 atom stereocenters. The van der Waals surface area contributed by atoms with E-state index < -0.39 is 5.60 Å². The van der Waals surface area contributed by atoms with Crippen molar-refractivity contribution in [3.8, 4) is 0 Å². The molecule has 0 radical (unpaired) electrons. The fourth-order valence-electron chi connectivity index (χ4n) is 2.38. The van der Waals surface area contributed by atoms with Gasteiger partial charge in [-0.15, -0.1) is 0 Å². The largest absolute Gasteiger partial charge is 0.444 e. The highest BCUT2D eigenvalue weighted by Crippen LogP contribution is 2.27. The second kappa shape index (κ2) is 5.65. The Bertz CT molecular complexity index is 343. The molecule has 0 bridgehead atoms. The minimum Gasteiger partial charge on any atom is -0.444 e. The van der Waals surface area contributed by atoms with E-state index >= 15 is 0 Å². The van der Waals surface area contributed by atoms with Gasteiger partial charge in [0.25, 0.3) is 0 Å². The van der Waals surface area contributed by atoms with Crippen molar-refractivity contribution in [2.24, 2.45) is 0 Å². The van der Waals surface area contributed by atoms with E-state index in [9.17, 15) is 5.11 Å². The maximum Gasteiger partial charge on any atom is 0.208 e. The van der Waals surface area contributed by atoms with Gasteiger partial charge >= 0.3 is 0 Å². The Balaban J connectivity index is 1.74. The lowest BCUT2D eigenvalue weighted by molar-refractivity contribution is 0.00429. The van der Waals surface area contributed by atoms with Crippen molar-refractivity contribution in [3.63, 3.8) is 0 Å². The molecular formula is C13H22N2O2. The molecule has 17 heavy (non-hydrogen) atoms. The van der Waals surface area contributed by atoms with Gasteiger partial charge in [0.2, 0.25) is 5.89 Å². The molecule has 1 aliphatic carbocycles. The highest BCUT2D eigenvalue weighted by molar-refractivity contribution is 4.93. The molecule has 0 saturated heterocycles. The summed E-state index contributed by atoms with van der Waals surface area (Å²) in [4.78, 5) is 4.18. The van der Waals surface area contributed by atoms with Crippen molar-refractivity contribution in [1.29, 1.82) is 0 Å². The zero-order chi connectivity index (χ0) is 12.1. The van der Waals surface area contributed by atoms with E-state index in [0.717, 1.165) is 37.9 Å². The van der Waals surface area contributed by atoms with E-state index in [0.29, 0.717) is 19.0 Å². The van der Waals surface area contributed by atoms with Crippen LogP contribution in [0.1, 0.15) is 50.7 Å². The minimum absolute atomic E-state index is 0.515. The topological polar surface area (TPSA) is 58.3 Å². The Morgan fingerprint density at radius 1 is 1.41 bits per heavy atom. The molecule has 0 aliphatic heterocycles. The molecule has 4 heteroatoms. The van der Waals surface area contributed by atoms with Gasteiger partial charge in [0, 0.05) is 13.0 Å². The smallest absolute Gasteiger partial charge is 0.208 e. The molecule has 1 heterocycles. The lowest BCUT2D eigenvalue weighted by Crippen LogP contribution is -2.41. The average molecular weight is 238 g/mol. The van der Waals surface area contributed by atoms with E-state index in [1.54, 1.807) is 6.20 Å². The molecule has 2 rings (SSSR count). The van der Waals surface area contributed by atoms with Crippen LogP contribution >= 0.6 is 0 Å². The van der Waals surface area contributed by atoms with Crippen LogP contribution in [0.3, 0.4) is 0 Å². The highest BCUT2D eigenvalue weighted by Gasteiger charge is 2.28. The van der Waals surface area contributed by atoms with Crippen LogP contribution < -0.4 is 5.32 Å². The number of oxazole rings is 1. The number of aliphatic hydroxyl groups is 1. The third-order valence-electron chi connectivity index (χ3n) is 3.46. The molecule has 1 aromatic rings. The number of aromatic nitrogens is 1. The summed E-state index contributed by atoms with van der Waals surface area (Å²) in [6, 6.07) is 0. The van der Waals surface area contributed by atoms with E-state index in [2.05, 4.69) is 10.3 Å². The summed E-state index contributed by atoms with van der Waals surface area (Å²) >= 11 is 0. The molecular weight excluding hydrogens is 216 g/mol. The summed E-state index contributed by atoms with van der Waals surface area (Å²) < 4.78 is 5.50. The van der Waals surface area contributed by atoms with Gasteiger partial charge in [-0.25, -0.2) is 4.98 Å². The van der Waals surface area contributed by atoms with Crippen molar-refractivity contribution in [2.75, 3.05) is 6.54 Å². The molecule has 0 unspecified atom stereocenters. The molecule has 4 nitrogen and oxygen atoms in total. The summed E-state index contributed by atoms with van der Waals surface area (Å²) in [5.74, 6) is 1.62. The first-order valence-electron chi connectivity index (χ1n) is 6.58. The van der Waals surface area contributed by atoms with Crippen LogP contribution in [0.5, 0.6) is 0 Å². The highest BCUT2D eigenvalue weighted by atomic mass is 16.4. The molecule has 1 fully saturated rings. The standard InChI is InChI=1S/C13H22N2O2/c1-2-11-8-15-12(17-11)9-14-10-13(16)6-4-3-5-7-13/h8,14,16H,2-7,9-10H2,1H3. The molecule has 1 aliphatic rings. The number of nitrogens with one attached hydrogen (secondary N) is 1. The van der Waals surface area contributed by atoms with Gasteiger partial charge in [0.05, 0.1) is 18.3 Å². The van der Waals surface area contributed by atoms with Crippen LogP contribution in [0.15, 0.2) is 10.6 Å². The lowest BCUT2D eigenvalue weighted by atomic mass is 9.85. The molecule has 96 valence electrons. The summed E-state index contributed by atoms with van der Waals surface area (Å²) in [6.45, 7) is 3.28. The SMILES string of the molecule is CCc1cnc(CNCC2(O)CCCCC2)o1. The normalized spacial score (nSPS) is 19.4. The van der Waals surface area contributed by atoms with E-state index in [1.807, 2.05) is 6.92 Å². The van der Waals surface area contributed by atoms with E-state index in [1.165, 1.54) is 6.42 Å². The van der Waals surface area contributed by atoms with Crippen molar-refractivity contribution in [3.05, 3.63) is 17.8 Å². The van der Waals surface area contributed by atoms with Crippen LogP contribution in [-0.2, 0) is 13.0 Å². The second-order valence-electron chi connectivity index (χ2n) is 4.96. The molecule has 2 N–H and O–H groups in total. The first kappa shape index (κ1) is 12.6. The predicted molar refractivity (Wildman–Crippen MR) is 65.6 cm³/mol. The van der Waals surface area contributed by atoms with Crippen LogP contribution in [0.2, 0.25) is 0 Å². The fraction of sp³-hybridized carbons (Fsp3) is 0.769. The minimum atomic E-state index is -0.515. The van der Waals surface area contributed by atoms with Gasteiger partial charge in [-0.3, -0.25) is 0 Å². The summed E-state index contributed by atoms with van der Waals surface area (Å²) in [6.07, 6.45) is 7.98. The molecule has 1 saturated carbocycles. The summed E-state index contributed by atoms with van der Waals surface area (Å²) in [5, 5.41) is 13.5. The van der Waals surface area contributed by atoms with Crippen LogP contribution in [0.4, 0.5) is 0 Å². The first-order chi connectivity index (χ1) is 8.22.